The largest absolute Gasteiger partial charge is 0.393 e. The highest BCUT2D eigenvalue weighted by Gasteiger charge is 2.45. The first-order valence-electron chi connectivity index (χ1n) is 8.52. The summed E-state index contributed by atoms with van der Waals surface area (Å²) in [5.74, 6) is 2.07. The molecule has 122 valence electrons. The molecule has 0 radical (unpaired) electrons. The van der Waals surface area contributed by atoms with Gasteiger partial charge in [0, 0.05) is 5.92 Å². The molecule has 0 spiro atoms. The van der Waals surface area contributed by atoms with E-state index in [1.807, 2.05) is 13.8 Å². The number of aliphatic hydroxyl groups is 2. The second kappa shape index (κ2) is 5.20. The molecule has 4 rings (SSSR count). The van der Waals surface area contributed by atoms with Gasteiger partial charge in [-0.2, -0.15) is 0 Å². The van der Waals surface area contributed by atoms with Crippen molar-refractivity contribution in [2.75, 3.05) is 0 Å². The maximum absolute atomic E-state index is 10.4. The third kappa shape index (κ3) is 2.33. The van der Waals surface area contributed by atoms with Crippen molar-refractivity contribution in [3.8, 4) is 0 Å². The van der Waals surface area contributed by atoms with Crippen molar-refractivity contribution in [2.24, 2.45) is 21.8 Å². The van der Waals surface area contributed by atoms with Crippen LogP contribution < -0.4 is 10.6 Å². The van der Waals surface area contributed by atoms with E-state index in [9.17, 15) is 10.2 Å². The molecule has 6 heteroatoms. The topological polar surface area (TPSA) is 89.2 Å². The highest BCUT2D eigenvalue weighted by molar-refractivity contribution is 5.88. The lowest BCUT2D eigenvalue weighted by atomic mass is 9.78. The molecule has 0 amide bonds. The summed E-state index contributed by atoms with van der Waals surface area (Å²) in [4.78, 5) is 9.53. The summed E-state index contributed by atoms with van der Waals surface area (Å²) in [5.41, 5.74) is 0. The molecular weight excluding hydrogens is 280 g/mol. The van der Waals surface area contributed by atoms with Gasteiger partial charge in [-0.3, -0.25) is 9.98 Å². The van der Waals surface area contributed by atoms with E-state index in [0.717, 1.165) is 24.5 Å². The minimum Gasteiger partial charge on any atom is -0.393 e. The molecule has 22 heavy (non-hydrogen) atoms. The van der Waals surface area contributed by atoms with Crippen LogP contribution in [0.3, 0.4) is 0 Å². The number of fused-ring (bicyclic) bond motifs is 2. The number of nitrogens with zero attached hydrogens (tertiary/aromatic N) is 2. The Balaban J connectivity index is 1.48. The summed E-state index contributed by atoms with van der Waals surface area (Å²) >= 11 is 0. The van der Waals surface area contributed by atoms with Crippen molar-refractivity contribution in [3.05, 3.63) is 0 Å². The number of rotatable bonds is 1. The number of hydrogen-bond donors (Lipinski definition) is 4. The fourth-order valence-corrected chi connectivity index (χ4v) is 4.57. The summed E-state index contributed by atoms with van der Waals surface area (Å²) in [6.07, 6.45) is 2.51. The molecule has 2 fully saturated rings. The van der Waals surface area contributed by atoms with E-state index in [0.29, 0.717) is 31.0 Å². The Kier molecular flexibility index (Phi) is 3.42. The van der Waals surface area contributed by atoms with E-state index in [1.54, 1.807) is 0 Å². The summed E-state index contributed by atoms with van der Waals surface area (Å²) in [5, 5.41) is 27.5. The van der Waals surface area contributed by atoms with Gasteiger partial charge in [-0.05, 0) is 38.5 Å². The van der Waals surface area contributed by atoms with Gasteiger partial charge in [0.15, 0.2) is 0 Å². The maximum atomic E-state index is 10.4. The Hall–Kier alpha value is -1.14. The lowest BCUT2D eigenvalue weighted by Gasteiger charge is -2.36. The van der Waals surface area contributed by atoms with Crippen LogP contribution in [0, 0.1) is 11.8 Å². The van der Waals surface area contributed by atoms with Gasteiger partial charge in [0.05, 0.1) is 42.2 Å². The van der Waals surface area contributed by atoms with E-state index in [-0.39, 0.29) is 24.0 Å². The predicted molar refractivity (Wildman–Crippen MR) is 85.1 cm³/mol. The van der Waals surface area contributed by atoms with Gasteiger partial charge >= 0.3 is 0 Å². The first kappa shape index (κ1) is 14.5. The molecule has 6 nitrogen and oxygen atoms in total. The second-order valence-corrected chi connectivity index (χ2v) is 7.53. The van der Waals surface area contributed by atoms with Crippen LogP contribution in [0.4, 0.5) is 0 Å². The molecule has 2 aliphatic heterocycles. The molecule has 0 aromatic rings. The van der Waals surface area contributed by atoms with Gasteiger partial charge in [0.1, 0.15) is 5.84 Å². The predicted octanol–water partition coefficient (Wildman–Crippen LogP) is 0.0458. The maximum Gasteiger partial charge on any atom is 0.103 e. The van der Waals surface area contributed by atoms with Crippen LogP contribution in [-0.4, -0.2) is 58.3 Å². The first-order chi connectivity index (χ1) is 10.5. The van der Waals surface area contributed by atoms with E-state index in [4.69, 9.17) is 4.99 Å². The van der Waals surface area contributed by atoms with Crippen molar-refractivity contribution >= 4 is 11.7 Å². The fraction of sp³-hybridized carbons (Fsp3) is 0.875. The number of aliphatic imine (C=N–C) groups is 2. The van der Waals surface area contributed by atoms with Gasteiger partial charge < -0.3 is 20.8 Å². The number of aliphatic hydroxyl groups excluding tert-OH is 2. The molecule has 2 saturated carbocycles. The SMILES string of the molecule is CC1=NC2CC3N=C(C4CC(O)C(C)CC4O)NC3CC2N1. The van der Waals surface area contributed by atoms with Crippen molar-refractivity contribution in [1.29, 1.82) is 0 Å². The number of nitrogens with one attached hydrogen (secondary N) is 2. The summed E-state index contributed by atoms with van der Waals surface area (Å²) in [6.45, 7) is 4.03. The molecular formula is C16H26N4O2. The van der Waals surface area contributed by atoms with Crippen LogP contribution in [0.5, 0.6) is 0 Å². The van der Waals surface area contributed by atoms with E-state index in [2.05, 4.69) is 15.6 Å². The Morgan fingerprint density at radius 2 is 1.64 bits per heavy atom. The van der Waals surface area contributed by atoms with Crippen molar-refractivity contribution in [2.45, 2.75) is 75.9 Å². The fourth-order valence-electron chi connectivity index (χ4n) is 4.57. The van der Waals surface area contributed by atoms with Crippen molar-refractivity contribution < 1.29 is 10.2 Å². The molecule has 8 unspecified atom stereocenters. The minimum atomic E-state index is -0.400. The molecule has 2 aliphatic carbocycles. The van der Waals surface area contributed by atoms with Crippen LogP contribution in [0.2, 0.25) is 0 Å². The molecule has 0 aromatic heterocycles. The van der Waals surface area contributed by atoms with Crippen LogP contribution in [-0.2, 0) is 0 Å². The standard InChI is InChI=1S/C16H26N4O2/c1-7-3-15(22)9(4-14(7)21)16-19-12-5-10-11(6-13(12)20-16)18-8(2)17-10/h7,9-15,21-22H,3-6H2,1-2H3,(H,17,18)(H,19,20). The van der Waals surface area contributed by atoms with E-state index in [1.165, 1.54) is 0 Å². The minimum absolute atomic E-state index is 0.0464. The van der Waals surface area contributed by atoms with Crippen molar-refractivity contribution in [1.82, 2.24) is 10.6 Å². The Bertz CT molecular complexity index is 520. The van der Waals surface area contributed by atoms with Crippen LogP contribution >= 0.6 is 0 Å². The molecule has 4 N–H and O–H groups in total. The molecule has 0 bridgehead atoms. The molecule has 0 aromatic carbocycles. The smallest absolute Gasteiger partial charge is 0.103 e. The summed E-state index contributed by atoms with van der Waals surface area (Å²) in [6, 6.07) is 1.36. The van der Waals surface area contributed by atoms with Crippen molar-refractivity contribution in [3.63, 3.8) is 0 Å². The Labute approximate surface area is 131 Å². The molecule has 8 atom stereocenters. The third-order valence-corrected chi connectivity index (χ3v) is 5.89. The molecule has 2 heterocycles. The lowest BCUT2D eigenvalue weighted by Crippen LogP contribution is -2.51. The van der Waals surface area contributed by atoms with Crippen LogP contribution in [0.1, 0.15) is 39.5 Å². The first-order valence-corrected chi connectivity index (χ1v) is 8.52. The third-order valence-electron chi connectivity index (χ3n) is 5.89. The lowest BCUT2D eigenvalue weighted by molar-refractivity contribution is -0.00643. The normalized spacial score (nSPS) is 50.4. The zero-order chi connectivity index (χ0) is 15.4. The molecule has 4 aliphatic rings. The molecule has 0 saturated heterocycles. The summed E-state index contributed by atoms with van der Waals surface area (Å²) < 4.78 is 0. The van der Waals surface area contributed by atoms with Crippen LogP contribution in [0.15, 0.2) is 9.98 Å². The van der Waals surface area contributed by atoms with Gasteiger partial charge in [0.25, 0.3) is 0 Å². The van der Waals surface area contributed by atoms with Gasteiger partial charge in [0.2, 0.25) is 0 Å². The number of hydrogen-bond acceptors (Lipinski definition) is 6. The highest BCUT2D eigenvalue weighted by Crippen LogP contribution is 2.35. The zero-order valence-corrected chi connectivity index (χ0v) is 13.2. The highest BCUT2D eigenvalue weighted by atomic mass is 16.3. The summed E-state index contributed by atoms with van der Waals surface area (Å²) in [7, 11) is 0. The van der Waals surface area contributed by atoms with Gasteiger partial charge in [-0.1, -0.05) is 6.92 Å². The Morgan fingerprint density at radius 3 is 2.45 bits per heavy atom. The zero-order valence-electron chi connectivity index (χ0n) is 13.2. The Morgan fingerprint density at radius 1 is 0.909 bits per heavy atom. The number of amidine groups is 2. The van der Waals surface area contributed by atoms with Crippen LogP contribution in [0.25, 0.3) is 0 Å². The second-order valence-electron chi connectivity index (χ2n) is 7.53. The van der Waals surface area contributed by atoms with Gasteiger partial charge in [-0.15, -0.1) is 0 Å². The van der Waals surface area contributed by atoms with E-state index >= 15 is 0 Å². The van der Waals surface area contributed by atoms with E-state index < -0.39 is 6.10 Å². The average molecular weight is 306 g/mol. The van der Waals surface area contributed by atoms with Gasteiger partial charge in [-0.25, -0.2) is 0 Å². The quantitative estimate of drug-likeness (QED) is 0.551. The average Bonchev–Trinajstić information content (AvgIpc) is 3.01. The monoisotopic (exact) mass is 306 g/mol.